The maximum Gasteiger partial charge on any atom is 0.343 e. The minimum absolute atomic E-state index is 0.0969. The van der Waals surface area contributed by atoms with Gasteiger partial charge in [-0.15, -0.1) is 0 Å². The number of esters is 1. The number of carbonyl (C=O) groups is 1. The predicted molar refractivity (Wildman–Crippen MR) is 113 cm³/mol. The molecule has 1 aliphatic carbocycles. The summed E-state index contributed by atoms with van der Waals surface area (Å²) in [5.41, 5.74) is 0.615. The molecule has 0 radical (unpaired) electrons. The molecule has 1 aromatic heterocycles. The normalized spacial score (nSPS) is 18.8. The van der Waals surface area contributed by atoms with E-state index in [-0.39, 0.29) is 36.2 Å². The van der Waals surface area contributed by atoms with Crippen molar-refractivity contribution in [3.8, 4) is 0 Å². The average molecular weight is 415 g/mol. The zero-order valence-corrected chi connectivity index (χ0v) is 17.3. The number of rotatable bonds is 7. The van der Waals surface area contributed by atoms with Gasteiger partial charge in [-0.1, -0.05) is 12.1 Å². The summed E-state index contributed by atoms with van der Waals surface area (Å²) in [4.78, 5) is 38.8. The summed E-state index contributed by atoms with van der Waals surface area (Å²) in [5, 5.41) is 3.16. The van der Waals surface area contributed by atoms with Crippen molar-refractivity contribution in [1.82, 2.24) is 4.57 Å². The van der Waals surface area contributed by atoms with Crippen molar-refractivity contribution in [2.75, 3.05) is 18.1 Å². The van der Waals surface area contributed by atoms with Gasteiger partial charge in [0.05, 0.1) is 17.8 Å². The molecule has 0 amide bonds. The Balaban J connectivity index is 2.03. The molecule has 160 valence electrons. The van der Waals surface area contributed by atoms with Crippen LogP contribution in [0.3, 0.4) is 0 Å². The standard InChI is InChI=1S/C22H26FN3O4/c1-3-13-6-5-9-25(13)20-16(11-24-29)19-15(10-18(20)23)21(27)17(22(28)30-4-2)12-26(19)14-7-8-14/h10,12-14H,3-9,11H2,1-2H3. The van der Waals surface area contributed by atoms with Crippen LogP contribution < -0.4 is 10.3 Å². The van der Waals surface area contributed by atoms with Gasteiger partial charge < -0.3 is 14.2 Å². The second-order valence-corrected chi connectivity index (χ2v) is 8.00. The van der Waals surface area contributed by atoms with Crippen molar-refractivity contribution >= 4 is 22.6 Å². The number of nitroso groups, excluding NO2 is 1. The molecule has 30 heavy (non-hydrogen) atoms. The third-order valence-corrected chi connectivity index (χ3v) is 6.13. The van der Waals surface area contributed by atoms with Crippen molar-refractivity contribution in [2.45, 2.75) is 64.6 Å². The first-order chi connectivity index (χ1) is 14.5. The van der Waals surface area contributed by atoms with Crippen molar-refractivity contribution in [3.05, 3.63) is 44.3 Å². The van der Waals surface area contributed by atoms with Crippen LogP contribution in [0.15, 0.2) is 22.2 Å². The molecule has 1 aliphatic heterocycles. The smallest absolute Gasteiger partial charge is 0.343 e. The molecule has 1 atom stereocenters. The molecular weight excluding hydrogens is 389 g/mol. The first-order valence-corrected chi connectivity index (χ1v) is 10.6. The Bertz CT molecular complexity index is 1060. The number of halogens is 1. The highest BCUT2D eigenvalue weighted by Gasteiger charge is 2.33. The summed E-state index contributed by atoms with van der Waals surface area (Å²) in [7, 11) is 0. The summed E-state index contributed by atoms with van der Waals surface area (Å²) in [6.45, 7) is 4.33. The number of aromatic nitrogens is 1. The van der Waals surface area contributed by atoms with Gasteiger partial charge in [-0.05, 0) is 45.1 Å². The first-order valence-electron chi connectivity index (χ1n) is 10.6. The minimum atomic E-state index is -0.719. The van der Waals surface area contributed by atoms with Crippen LogP contribution in [0, 0.1) is 10.7 Å². The van der Waals surface area contributed by atoms with E-state index in [1.165, 1.54) is 12.3 Å². The molecule has 2 aliphatic rings. The second kappa shape index (κ2) is 8.16. The molecule has 8 heteroatoms. The Hall–Kier alpha value is -2.77. The predicted octanol–water partition coefficient (Wildman–Crippen LogP) is 4.30. The van der Waals surface area contributed by atoms with Crippen LogP contribution in [0.5, 0.6) is 0 Å². The van der Waals surface area contributed by atoms with Gasteiger partial charge in [-0.2, -0.15) is 4.91 Å². The molecule has 1 unspecified atom stereocenters. The Labute approximate surface area is 173 Å². The third-order valence-electron chi connectivity index (χ3n) is 6.13. The maximum atomic E-state index is 15.4. The zero-order valence-electron chi connectivity index (χ0n) is 17.3. The SMILES string of the molecule is CCOC(=O)c1cn(C2CC2)c2c(CN=O)c(N3CCCC3CC)c(F)cc2c1=O. The van der Waals surface area contributed by atoms with Gasteiger partial charge in [0, 0.05) is 35.8 Å². The monoisotopic (exact) mass is 415 g/mol. The van der Waals surface area contributed by atoms with Crippen LogP contribution >= 0.6 is 0 Å². The summed E-state index contributed by atoms with van der Waals surface area (Å²) < 4.78 is 22.3. The number of fused-ring (bicyclic) bond motifs is 1. The molecule has 1 aromatic carbocycles. The van der Waals surface area contributed by atoms with E-state index in [1.807, 2.05) is 9.47 Å². The number of anilines is 1. The number of pyridine rings is 1. The van der Waals surface area contributed by atoms with Gasteiger partial charge in [0.15, 0.2) is 0 Å². The number of carbonyl (C=O) groups excluding carboxylic acids is 1. The van der Waals surface area contributed by atoms with Crippen LogP contribution in [0.25, 0.3) is 10.9 Å². The number of hydrogen-bond acceptors (Lipinski definition) is 6. The topological polar surface area (TPSA) is 81.0 Å². The second-order valence-electron chi connectivity index (χ2n) is 8.00. The summed E-state index contributed by atoms with van der Waals surface area (Å²) in [6, 6.07) is 1.50. The zero-order chi connectivity index (χ0) is 21.4. The van der Waals surface area contributed by atoms with E-state index >= 15 is 4.39 Å². The van der Waals surface area contributed by atoms with E-state index in [9.17, 15) is 14.5 Å². The number of ether oxygens (including phenoxy) is 1. The molecular formula is C22H26FN3O4. The van der Waals surface area contributed by atoms with Gasteiger partial charge in [0.2, 0.25) is 5.43 Å². The lowest BCUT2D eigenvalue weighted by atomic mass is 10.0. The number of benzene rings is 1. The van der Waals surface area contributed by atoms with Gasteiger partial charge >= 0.3 is 5.97 Å². The van der Waals surface area contributed by atoms with Crippen molar-refractivity contribution in [1.29, 1.82) is 0 Å². The van der Waals surface area contributed by atoms with Gasteiger partial charge in [0.1, 0.15) is 17.9 Å². The molecule has 7 nitrogen and oxygen atoms in total. The lowest BCUT2D eigenvalue weighted by molar-refractivity contribution is 0.0524. The molecule has 2 fully saturated rings. The van der Waals surface area contributed by atoms with Gasteiger partial charge in [-0.3, -0.25) is 4.79 Å². The highest BCUT2D eigenvalue weighted by atomic mass is 19.1. The minimum Gasteiger partial charge on any atom is -0.462 e. The Morgan fingerprint density at radius 1 is 1.30 bits per heavy atom. The molecule has 0 spiro atoms. The summed E-state index contributed by atoms with van der Waals surface area (Å²) in [5.74, 6) is -1.27. The molecule has 2 aromatic rings. The van der Waals surface area contributed by atoms with Crippen LogP contribution in [-0.4, -0.2) is 29.7 Å². The van der Waals surface area contributed by atoms with E-state index < -0.39 is 17.2 Å². The first kappa shape index (κ1) is 20.5. The van der Waals surface area contributed by atoms with E-state index in [0.29, 0.717) is 23.3 Å². The highest BCUT2D eigenvalue weighted by Crippen LogP contribution is 2.42. The van der Waals surface area contributed by atoms with Gasteiger partial charge in [-0.25, -0.2) is 9.18 Å². The maximum absolute atomic E-state index is 15.4. The lowest BCUT2D eigenvalue weighted by Gasteiger charge is -2.29. The fourth-order valence-electron chi connectivity index (χ4n) is 4.63. The fourth-order valence-corrected chi connectivity index (χ4v) is 4.63. The summed E-state index contributed by atoms with van der Waals surface area (Å²) in [6.07, 6.45) is 6.06. The van der Waals surface area contributed by atoms with Crippen LogP contribution in [-0.2, 0) is 11.3 Å². The number of hydrogen-bond donors (Lipinski definition) is 0. The van der Waals surface area contributed by atoms with Gasteiger partial charge in [0.25, 0.3) is 0 Å². The quantitative estimate of drug-likeness (QED) is 0.498. The third kappa shape index (κ3) is 3.38. The molecule has 0 N–H and O–H groups in total. The number of nitrogens with zero attached hydrogens (tertiary/aromatic N) is 3. The molecule has 1 saturated carbocycles. The fraction of sp³-hybridized carbons (Fsp3) is 0.545. The Morgan fingerprint density at radius 3 is 2.70 bits per heavy atom. The van der Waals surface area contributed by atoms with E-state index in [2.05, 4.69) is 12.1 Å². The molecule has 2 heterocycles. The van der Waals surface area contributed by atoms with Crippen LogP contribution in [0.2, 0.25) is 0 Å². The Morgan fingerprint density at radius 2 is 2.07 bits per heavy atom. The van der Waals surface area contributed by atoms with Crippen LogP contribution in [0.4, 0.5) is 10.1 Å². The largest absolute Gasteiger partial charge is 0.462 e. The van der Waals surface area contributed by atoms with Crippen molar-refractivity contribution < 1.29 is 13.9 Å². The van der Waals surface area contributed by atoms with E-state index in [0.717, 1.165) is 32.1 Å². The molecule has 4 rings (SSSR count). The lowest BCUT2D eigenvalue weighted by Crippen LogP contribution is -2.31. The molecule has 0 bridgehead atoms. The highest BCUT2D eigenvalue weighted by molar-refractivity contribution is 5.96. The van der Waals surface area contributed by atoms with E-state index in [1.54, 1.807) is 6.92 Å². The summed E-state index contributed by atoms with van der Waals surface area (Å²) >= 11 is 0. The Kier molecular flexibility index (Phi) is 5.58. The van der Waals surface area contributed by atoms with E-state index in [4.69, 9.17) is 4.74 Å². The average Bonchev–Trinajstić information content (AvgIpc) is 3.46. The van der Waals surface area contributed by atoms with Crippen molar-refractivity contribution in [3.63, 3.8) is 0 Å². The molecule has 1 saturated heterocycles. The van der Waals surface area contributed by atoms with Crippen molar-refractivity contribution in [2.24, 2.45) is 5.18 Å². The van der Waals surface area contributed by atoms with Crippen LogP contribution in [0.1, 0.15) is 67.9 Å².